The lowest BCUT2D eigenvalue weighted by Gasteiger charge is -2.40. The van der Waals surface area contributed by atoms with E-state index in [-0.39, 0.29) is 28.8 Å². The number of imidazole rings is 1. The van der Waals surface area contributed by atoms with Gasteiger partial charge in [0.25, 0.3) is 5.91 Å². The highest BCUT2D eigenvalue weighted by atomic mass is 35.5. The molecule has 8 rings (SSSR count). The van der Waals surface area contributed by atoms with Crippen molar-refractivity contribution in [3.05, 3.63) is 93.0 Å². The van der Waals surface area contributed by atoms with Gasteiger partial charge in [-0.25, -0.2) is 9.37 Å². The van der Waals surface area contributed by atoms with Crippen LogP contribution in [-0.2, 0) is 26.4 Å². The Balaban J connectivity index is 1.24. The number of amides is 2. The van der Waals surface area contributed by atoms with Gasteiger partial charge >= 0.3 is 0 Å². The number of fused-ring (bicyclic) bond motifs is 7. The summed E-state index contributed by atoms with van der Waals surface area (Å²) in [6.45, 7) is 3.09. The number of carbonyl (C=O) groups is 2. The number of benzene rings is 3. The number of ether oxygens (including phenoxy) is 2. The highest BCUT2D eigenvalue weighted by Crippen LogP contribution is 2.64. The van der Waals surface area contributed by atoms with Gasteiger partial charge in [-0.3, -0.25) is 14.5 Å². The molecule has 4 heterocycles. The molecule has 250 valence electrons. The molecule has 4 aliphatic rings. The number of nitrogens with one attached hydrogen (secondary N) is 2. The van der Waals surface area contributed by atoms with Crippen LogP contribution in [0.5, 0.6) is 0 Å². The van der Waals surface area contributed by atoms with Crippen molar-refractivity contribution < 1.29 is 23.5 Å². The number of anilines is 1. The average molecular weight is 693 g/mol. The Morgan fingerprint density at radius 3 is 2.77 bits per heavy atom. The largest absolute Gasteiger partial charge is 0.382 e. The smallest absolute Gasteiger partial charge is 0.251 e. The minimum Gasteiger partial charge on any atom is -0.382 e. The molecule has 1 spiro atoms. The summed E-state index contributed by atoms with van der Waals surface area (Å²) in [5.74, 6) is -0.671. The minimum absolute atomic E-state index is 0.0126. The van der Waals surface area contributed by atoms with Crippen molar-refractivity contribution in [2.24, 2.45) is 5.92 Å². The third-order valence-corrected chi connectivity index (χ3v) is 11.0. The summed E-state index contributed by atoms with van der Waals surface area (Å²) < 4.78 is 29.0. The Morgan fingerprint density at radius 2 is 1.96 bits per heavy atom. The van der Waals surface area contributed by atoms with E-state index in [9.17, 15) is 9.59 Å². The summed E-state index contributed by atoms with van der Waals surface area (Å²) in [6.07, 6.45) is 2.94. The molecule has 0 bridgehead atoms. The van der Waals surface area contributed by atoms with Gasteiger partial charge in [-0.05, 0) is 67.1 Å². The van der Waals surface area contributed by atoms with E-state index in [0.29, 0.717) is 66.2 Å². The predicted molar refractivity (Wildman–Crippen MR) is 181 cm³/mol. The quantitative estimate of drug-likeness (QED) is 0.196. The fraction of sp³-hybridized carbons (Fsp3) is 0.417. The first-order valence-electron chi connectivity index (χ1n) is 16.5. The Kier molecular flexibility index (Phi) is 8.20. The molecule has 3 aromatic carbocycles. The van der Waals surface area contributed by atoms with Gasteiger partial charge in [-0.15, -0.1) is 0 Å². The molecule has 4 atom stereocenters. The van der Waals surface area contributed by atoms with Gasteiger partial charge in [-0.2, -0.15) is 0 Å². The van der Waals surface area contributed by atoms with Crippen LogP contribution in [0.1, 0.15) is 58.4 Å². The molecule has 3 aliphatic heterocycles. The molecular formula is C36H36Cl2FN5O4. The first kappa shape index (κ1) is 31.7. The van der Waals surface area contributed by atoms with Crippen LogP contribution in [0, 0.1) is 11.7 Å². The molecule has 9 nitrogen and oxygen atoms in total. The van der Waals surface area contributed by atoms with E-state index in [4.69, 9.17) is 37.7 Å². The van der Waals surface area contributed by atoms with E-state index in [1.807, 2.05) is 12.1 Å². The Morgan fingerprint density at radius 1 is 1.10 bits per heavy atom. The number of likely N-dealkylation sites (tertiary alicyclic amines) is 1. The summed E-state index contributed by atoms with van der Waals surface area (Å²) in [5, 5.41) is 6.57. The topological polar surface area (TPSA) is 97.7 Å². The highest BCUT2D eigenvalue weighted by molar-refractivity contribution is 6.31. The predicted octanol–water partition coefficient (Wildman–Crippen LogP) is 6.09. The third-order valence-electron chi connectivity index (χ3n) is 10.5. The van der Waals surface area contributed by atoms with Crippen molar-refractivity contribution in [3.63, 3.8) is 0 Å². The van der Waals surface area contributed by atoms with Crippen molar-refractivity contribution in [1.29, 1.82) is 0 Å². The number of hydrogen-bond donors (Lipinski definition) is 2. The lowest BCUT2D eigenvalue weighted by Crippen LogP contribution is -2.53. The second-order valence-corrected chi connectivity index (χ2v) is 14.0. The van der Waals surface area contributed by atoms with Gasteiger partial charge in [0.05, 0.1) is 35.9 Å². The minimum atomic E-state index is -1.20. The Labute approximate surface area is 287 Å². The molecule has 2 fully saturated rings. The highest BCUT2D eigenvalue weighted by Gasteiger charge is 2.69. The average Bonchev–Trinajstić information content (AvgIpc) is 3.67. The summed E-state index contributed by atoms with van der Waals surface area (Å²) >= 11 is 12.9. The SMILES string of the molecule is COCCOCCNC(=O)c1ccc2c(c1)nc1n2CC[C@H]2[C@@H]1[C@H](c1cccc(Cl)c1F)[C@]1(C(=O)Nc3cc(Cl)ccc31)N2CC1CC1. The second-order valence-electron chi connectivity index (χ2n) is 13.2. The molecule has 1 saturated carbocycles. The third kappa shape index (κ3) is 5.03. The van der Waals surface area contributed by atoms with E-state index in [0.717, 1.165) is 42.7 Å². The second kappa shape index (κ2) is 12.4. The van der Waals surface area contributed by atoms with Gasteiger partial charge in [-0.1, -0.05) is 41.4 Å². The fourth-order valence-corrected chi connectivity index (χ4v) is 8.67. The summed E-state index contributed by atoms with van der Waals surface area (Å²) in [6, 6.07) is 16.0. The molecule has 0 unspecified atom stereocenters. The summed E-state index contributed by atoms with van der Waals surface area (Å²) in [7, 11) is 1.61. The lowest BCUT2D eigenvalue weighted by molar-refractivity contribution is -0.128. The zero-order valence-corrected chi connectivity index (χ0v) is 28.0. The molecule has 1 aliphatic carbocycles. The number of aromatic nitrogens is 2. The van der Waals surface area contributed by atoms with Crippen LogP contribution in [0.4, 0.5) is 10.1 Å². The van der Waals surface area contributed by atoms with Crippen LogP contribution in [0.3, 0.4) is 0 Å². The van der Waals surface area contributed by atoms with Crippen LogP contribution in [0.25, 0.3) is 11.0 Å². The van der Waals surface area contributed by atoms with Gasteiger partial charge in [0.15, 0.2) is 0 Å². The molecular weight excluding hydrogens is 656 g/mol. The number of halogens is 3. The molecule has 1 saturated heterocycles. The van der Waals surface area contributed by atoms with Crippen molar-refractivity contribution in [3.8, 4) is 0 Å². The molecule has 4 aromatic rings. The van der Waals surface area contributed by atoms with Crippen molar-refractivity contribution in [2.45, 2.75) is 49.2 Å². The van der Waals surface area contributed by atoms with Crippen molar-refractivity contribution in [2.75, 3.05) is 45.3 Å². The normalized spacial score (nSPS) is 24.5. The number of carbonyl (C=O) groups excluding carboxylic acids is 2. The van der Waals surface area contributed by atoms with E-state index in [1.54, 1.807) is 49.6 Å². The number of methoxy groups -OCH3 is 1. The summed E-state index contributed by atoms with van der Waals surface area (Å²) in [4.78, 5) is 35.2. The van der Waals surface area contributed by atoms with E-state index < -0.39 is 17.3 Å². The van der Waals surface area contributed by atoms with Gasteiger partial charge in [0.1, 0.15) is 17.2 Å². The molecule has 2 amide bonds. The van der Waals surface area contributed by atoms with E-state index >= 15 is 4.39 Å². The summed E-state index contributed by atoms with van der Waals surface area (Å²) in [5.41, 5.74) is 2.69. The van der Waals surface area contributed by atoms with Gasteiger partial charge in [0.2, 0.25) is 5.91 Å². The van der Waals surface area contributed by atoms with Crippen molar-refractivity contribution >= 4 is 51.7 Å². The number of rotatable bonds is 10. The zero-order chi connectivity index (χ0) is 33.2. The first-order valence-corrected chi connectivity index (χ1v) is 17.3. The molecule has 2 N–H and O–H groups in total. The molecule has 12 heteroatoms. The standard InChI is InChI=1S/C36H36Cl2FN5O4/c1-47-15-16-48-14-12-40-34(45)21-7-10-28-27(17-21)41-33-30-29(11-13-43(28)33)44(19-20-5-6-20)36(31(30)23-3-2-4-25(38)32(23)39)24-9-8-22(37)18-26(24)42-35(36)46/h2-4,7-10,17-18,20,29-31H,5-6,11-16,19H2,1H3,(H,40,45)(H,42,46)/t29-,30+,31-,36+/m0/s1. The molecule has 0 radical (unpaired) electrons. The maximum atomic E-state index is 16.3. The van der Waals surface area contributed by atoms with Crippen LogP contribution in [0.2, 0.25) is 10.0 Å². The zero-order valence-electron chi connectivity index (χ0n) is 26.5. The van der Waals surface area contributed by atoms with Crippen LogP contribution in [0.15, 0.2) is 54.6 Å². The van der Waals surface area contributed by atoms with Crippen LogP contribution in [-0.4, -0.2) is 72.3 Å². The fourth-order valence-electron chi connectivity index (χ4n) is 8.32. The van der Waals surface area contributed by atoms with Crippen molar-refractivity contribution in [1.82, 2.24) is 19.8 Å². The Hall–Kier alpha value is -3.54. The Bertz CT molecular complexity index is 1930. The van der Waals surface area contributed by atoms with Gasteiger partial charge < -0.3 is 24.7 Å². The maximum Gasteiger partial charge on any atom is 0.251 e. The van der Waals surface area contributed by atoms with Gasteiger partial charge in [0, 0.05) is 66.5 Å². The van der Waals surface area contributed by atoms with E-state index in [2.05, 4.69) is 20.1 Å². The lowest BCUT2D eigenvalue weighted by atomic mass is 9.70. The monoisotopic (exact) mass is 691 g/mol. The molecule has 1 aromatic heterocycles. The molecule has 48 heavy (non-hydrogen) atoms. The maximum absolute atomic E-state index is 16.3. The first-order chi connectivity index (χ1) is 23.3. The number of hydrogen-bond acceptors (Lipinski definition) is 6. The number of nitrogens with zero attached hydrogens (tertiary/aromatic N) is 3. The number of aryl methyl sites for hydroxylation is 1. The van der Waals surface area contributed by atoms with Crippen LogP contribution < -0.4 is 10.6 Å². The van der Waals surface area contributed by atoms with E-state index in [1.165, 1.54) is 0 Å². The van der Waals surface area contributed by atoms with Crippen LogP contribution >= 0.6 is 23.2 Å².